The van der Waals surface area contributed by atoms with Gasteiger partial charge in [-0.2, -0.15) is 8.42 Å². The average Bonchev–Trinajstić information content (AvgIpc) is 2.26. The Morgan fingerprint density at radius 2 is 2.19 bits per heavy atom. The fraction of sp³-hybridized carbons (Fsp3) is 0.200. The van der Waals surface area contributed by atoms with E-state index < -0.39 is 15.9 Å². The number of hydrogen-bond acceptors (Lipinski definition) is 4. The van der Waals surface area contributed by atoms with Gasteiger partial charge in [0.25, 0.3) is 10.1 Å². The second kappa shape index (κ2) is 5.20. The van der Waals surface area contributed by atoms with Crippen molar-refractivity contribution in [3.05, 3.63) is 42.2 Å². The molecule has 0 aliphatic heterocycles. The second-order valence-corrected chi connectivity index (χ2v) is 4.70. The molecule has 0 aromatic heterocycles. The van der Waals surface area contributed by atoms with Gasteiger partial charge in [-0.05, 0) is 23.8 Å². The summed E-state index contributed by atoms with van der Waals surface area (Å²) in [5.74, 6) is -0.661. The van der Waals surface area contributed by atoms with Crippen LogP contribution in [-0.2, 0) is 14.3 Å². The van der Waals surface area contributed by atoms with Gasteiger partial charge in [-0.15, -0.1) is 0 Å². The zero-order valence-electron chi connectivity index (χ0n) is 8.39. The Balaban J connectivity index is 2.82. The summed E-state index contributed by atoms with van der Waals surface area (Å²) in [4.78, 5) is -0.266. The Bertz CT molecular complexity index is 481. The maximum Gasteiger partial charge on any atom is 0.297 e. The second-order valence-electron chi connectivity index (χ2n) is 3.08. The molecular formula is C10H11FO4S. The fourth-order valence-corrected chi connectivity index (χ4v) is 1.86. The molecule has 0 aliphatic rings. The molecule has 88 valence electrons. The molecule has 1 N–H and O–H groups in total. The van der Waals surface area contributed by atoms with Crippen LogP contribution in [-0.4, -0.2) is 26.7 Å². The van der Waals surface area contributed by atoms with Crippen LogP contribution in [0.25, 0.3) is 0 Å². The lowest BCUT2D eigenvalue weighted by Gasteiger charge is -2.05. The largest absolute Gasteiger partial charge is 0.392 e. The molecule has 1 aromatic carbocycles. The maximum atomic E-state index is 12.8. The van der Waals surface area contributed by atoms with Crippen LogP contribution in [0.1, 0.15) is 0 Å². The molecule has 6 heteroatoms. The summed E-state index contributed by atoms with van der Waals surface area (Å²) in [6.07, 6.45) is 0. The number of aliphatic hydroxyl groups excluding tert-OH is 1. The van der Waals surface area contributed by atoms with E-state index in [9.17, 15) is 12.8 Å². The van der Waals surface area contributed by atoms with Crippen LogP contribution in [0.2, 0.25) is 0 Å². The zero-order valence-corrected chi connectivity index (χ0v) is 9.21. The number of halogens is 1. The van der Waals surface area contributed by atoms with Crippen molar-refractivity contribution < 1.29 is 22.1 Å². The van der Waals surface area contributed by atoms with Crippen LogP contribution in [0.3, 0.4) is 0 Å². The third-order valence-electron chi connectivity index (χ3n) is 1.73. The van der Waals surface area contributed by atoms with E-state index in [0.29, 0.717) is 0 Å². The summed E-state index contributed by atoms with van der Waals surface area (Å²) in [6.45, 7) is 2.69. The molecule has 0 radical (unpaired) electrons. The minimum atomic E-state index is -4.00. The Labute approximate surface area is 93.1 Å². The summed E-state index contributed by atoms with van der Waals surface area (Å²) in [5, 5.41) is 8.61. The first-order valence-corrected chi connectivity index (χ1v) is 5.79. The van der Waals surface area contributed by atoms with Gasteiger partial charge < -0.3 is 5.11 Å². The standard InChI is InChI=1S/C10H11FO4S/c1-8(6-12)7-15-16(13,14)10-4-2-3-9(11)5-10/h2-5,12H,1,6-7H2. The summed E-state index contributed by atoms with van der Waals surface area (Å²) >= 11 is 0. The van der Waals surface area contributed by atoms with Gasteiger partial charge in [0.05, 0.1) is 18.1 Å². The minimum absolute atomic E-state index is 0.222. The minimum Gasteiger partial charge on any atom is -0.392 e. The topological polar surface area (TPSA) is 63.6 Å². The normalized spacial score (nSPS) is 11.4. The van der Waals surface area contributed by atoms with E-state index in [1.54, 1.807) is 0 Å². The number of hydrogen-bond donors (Lipinski definition) is 1. The highest BCUT2D eigenvalue weighted by atomic mass is 32.2. The lowest BCUT2D eigenvalue weighted by atomic mass is 10.4. The Morgan fingerprint density at radius 1 is 1.50 bits per heavy atom. The molecule has 0 aliphatic carbocycles. The summed E-state index contributed by atoms with van der Waals surface area (Å²) in [6, 6.07) is 4.48. The molecule has 0 amide bonds. The highest BCUT2D eigenvalue weighted by Crippen LogP contribution is 2.14. The molecule has 1 aromatic rings. The van der Waals surface area contributed by atoms with Gasteiger partial charge in [-0.3, -0.25) is 4.18 Å². The lowest BCUT2D eigenvalue weighted by Crippen LogP contribution is -2.10. The maximum absolute atomic E-state index is 12.8. The van der Waals surface area contributed by atoms with Crippen LogP contribution >= 0.6 is 0 Å². The number of benzene rings is 1. The first-order chi connectivity index (χ1) is 7.45. The molecule has 0 fully saturated rings. The molecular weight excluding hydrogens is 235 g/mol. The molecule has 1 rings (SSSR count). The van der Waals surface area contributed by atoms with Gasteiger partial charge in [-0.1, -0.05) is 12.6 Å². The van der Waals surface area contributed by atoms with Crippen LogP contribution in [0.15, 0.2) is 41.3 Å². The summed E-state index contributed by atoms with van der Waals surface area (Å²) < 4.78 is 40.3. The Morgan fingerprint density at radius 3 is 2.75 bits per heavy atom. The lowest BCUT2D eigenvalue weighted by molar-refractivity contribution is 0.290. The van der Waals surface area contributed by atoms with Crippen molar-refractivity contribution in [3.63, 3.8) is 0 Å². The van der Waals surface area contributed by atoms with E-state index in [1.165, 1.54) is 12.1 Å². The van der Waals surface area contributed by atoms with E-state index >= 15 is 0 Å². The monoisotopic (exact) mass is 246 g/mol. The van der Waals surface area contributed by atoms with E-state index in [-0.39, 0.29) is 23.7 Å². The smallest absolute Gasteiger partial charge is 0.297 e. The Hall–Kier alpha value is -1.24. The van der Waals surface area contributed by atoms with Crippen molar-refractivity contribution in [3.8, 4) is 0 Å². The first kappa shape index (κ1) is 12.8. The molecule has 0 saturated carbocycles. The zero-order chi connectivity index (χ0) is 12.2. The van der Waals surface area contributed by atoms with Crippen LogP contribution in [0.5, 0.6) is 0 Å². The van der Waals surface area contributed by atoms with Gasteiger partial charge in [-0.25, -0.2) is 4.39 Å². The molecule has 4 nitrogen and oxygen atoms in total. The molecule has 0 spiro atoms. The quantitative estimate of drug-likeness (QED) is 0.623. The van der Waals surface area contributed by atoms with Crippen molar-refractivity contribution in [2.24, 2.45) is 0 Å². The van der Waals surface area contributed by atoms with Crippen molar-refractivity contribution in [2.75, 3.05) is 13.2 Å². The van der Waals surface area contributed by atoms with Crippen LogP contribution < -0.4 is 0 Å². The van der Waals surface area contributed by atoms with Crippen molar-refractivity contribution in [1.82, 2.24) is 0 Å². The van der Waals surface area contributed by atoms with Crippen LogP contribution in [0, 0.1) is 5.82 Å². The molecule has 0 unspecified atom stereocenters. The summed E-state index contributed by atoms with van der Waals surface area (Å²) in [7, 11) is -4.00. The molecule has 0 bridgehead atoms. The molecule has 0 saturated heterocycles. The molecule has 0 heterocycles. The predicted octanol–water partition coefficient (Wildman–Crippen LogP) is 1.08. The van der Waals surface area contributed by atoms with Gasteiger partial charge in [0.2, 0.25) is 0 Å². The number of aliphatic hydroxyl groups is 1. The van der Waals surface area contributed by atoms with Gasteiger partial charge >= 0.3 is 0 Å². The highest BCUT2D eigenvalue weighted by molar-refractivity contribution is 7.86. The molecule has 16 heavy (non-hydrogen) atoms. The third-order valence-corrected chi connectivity index (χ3v) is 2.99. The summed E-state index contributed by atoms with van der Waals surface area (Å²) in [5.41, 5.74) is 0.222. The predicted molar refractivity (Wildman–Crippen MR) is 55.8 cm³/mol. The van der Waals surface area contributed by atoms with Crippen LogP contribution in [0.4, 0.5) is 4.39 Å². The van der Waals surface area contributed by atoms with E-state index in [4.69, 9.17) is 5.11 Å². The van der Waals surface area contributed by atoms with E-state index in [2.05, 4.69) is 10.8 Å². The first-order valence-electron chi connectivity index (χ1n) is 4.38. The van der Waals surface area contributed by atoms with Crippen molar-refractivity contribution in [2.45, 2.75) is 4.90 Å². The molecule has 0 atom stereocenters. The average molecular weight is 246 g/mol. The van der Waals surface area contributed by atoms with Crippen molar-refractivity contribution >= 4 is 10.1 Å². The number of rotatable bonds is 5. The van der Waals surface area contributed by atoms with Gasteiger partial charge in [0.15, 0.2) is 0 Å². The highest BCUT2D eigenvalue weighted by Gasteiger charge is 2.15. The fourth-order valence-electron chi connectivity index (χ4n) is 0.897. The van der Waals surface area contributed by atoms with E-state index in [1.807, 2.05) is 0 Å². The van der Waals surface area contributed by atoms with Gasteiger partial charge in [0.1, 0.15) is 5.82 Å². The third kappa shape index (κ3) is 3.41. The SMILES string of the molecule is C=C(CO)COS(=O)(=O)c1cccc(F)c1. The van der Waals surface area contributed by atoms with Crippen molar-refractivity contribution in [1.29, 1.82) is 0 Å². The van der Waals surface area contributed by atoms with Gasteiger partial charge in [0, 0.05) is 0 Å². The Kier molecular flexibility index (Phi) is 4.17. The van der Waals surface area contributed by atoms with E-state index in [0.717, 1.165) is 12.1 Å².